The van der Waals surface area contributed by atoms with E-state index in [2.05, 4.69) is 10.1 Å². The molecular weight excluding hydrogens is 286 g/mol. The van der Waals surface area contributed by atoms with E-state index in [1.807, 2.05) is 0 Å². The minimum atomic E-state index is -0.996. The second-order valence-corrected chi connectivity index (χ2v) is 4.89. The summed E-state index contributed by atoms with van der Waals surface area (Å²) in [5.41, 5.74) is 0.378. The van der Waals surface area contributed by atoms with E-state index in [-0.39, 0.29) is 11.3 Å². The summed E-state index contributed by atoms with van der Waals surface area (Å²) in [6.07, 6.45) is 0.301. The Labute approximate surface area is 119 Å². The summed E-state index contributed by atoms with van der Waals surface area (Å²) in [7, 11) is 1.23. The number of carboxylic acids is 1. The van der Waals surface area contributed by atoms with Crippen molar-refractivity contribution in [1.29, 1.82) is 0 Å². The number of ether oxygens (including phenoxy) is 1. The number of carbonyl (C=O) groups excluding carboxylic acids is 2. The van der Waals surface area contributed by atoms with Gasteiger partial charge in [0.25, 0.3) is 0 Å². The number of aliphatic carboxylic acids is 1. The molecule has 106 valence electrons. The normalized spacial score (nSPS) is 20.1. The molecule has 1 aliphatic carbocycles. The van der Waals surface area contributed by atoms with E-state index in [0.29, 0.717) is 11.4 Å². The molecule has 0 heterocycles. The maximum atomic E-state index is 11.9. The summed E-state index contributed by atoms with van der Waals surface area (Å²) in [6, 6.07) is 4.36. The van der Waals surface area contributed by atoms with Crippen LogP contribution in [0.1, 0.15) is 16.8 Å². The van der Waals surface area contributed by atoms with Gasteiger partial charge in [-0.25, -0.2) is 4.79 Å². The minimum Gasteiger partial charge on any atom is -0.481 e. The van der Waals surface area contributed by atoms with Crippen molar-refractivity contribution in [2.45, 2.75) is 6.42 Å². The van der Waals surface area contributed by atoms with Crippen LogP contribution >= 0.6 is 11.6 Å². The Bertz CT molecular complexity index is 586. The van der Waals surface area contributed by atoms with Crippen LogP contribution in [0, 0.1) is 11.8 Å². The predicted octanol–water partition coefficient (Wildman–Crippen LogP) is 1.79. The lowest BCUT2D eigenvalue weighted by Crippen LogP contribution is -2.19. The van der Waals surface area contributed by atoms with E-state index in [1.165, 1.54) is 25.3 Å². The highest BCUT2D eigenvalue weighted by molar-refractivity contribution is 6.31. The third-order valence-electron chi connectivity index (χ3n) is 3.09. The number of amides is 1. The molecule has 0 bridgehead atoms. The van der Waals surface area contributed by atoms with E-state index >= 15 is 0 Å². The zero-order valence-corrected chi connectivity index (χ0v) is 11.3. The predicted molar refractivity (Wildman–Crippen MR) is 70.7 cm³/mol. The molecule has 0 saturated heterocycles. The van der Waals surface area contributed by atoms with Crippen LogP contribution in [-0.2, 0) is 14.3 Å². The van der Waals surface area contributed by atoms with Gasteiger partial charge >= 0.3 is 11.9 Å². The molecule has 0 aromatic heterocycles. The van der Waals surface area contributed by atoms with Crippen molar-refractivity contribution < 1.29 is 24.2 Å². The fourth-order valence-electron chi connectivity index (χ4n) is 1.89. The Balaban J connectivity index is 2.16. The quantitative estimate of drug-likeness (QED) is 0.826. The van der Waals surface area contributed by atoms with Crippen molar-refractivity contribution >= 4 is 35.1 Å². The first-order chi connectivity index (χ1) is 9.43. The number of benzene rings is 1. The molecule has 1 aliphatic rings. The number of methoxy groups -OCH3 is 1. The number of carboxylic acid groups (broad SMARTS) is 1. The first-order valence-corrected chi connectivity index (χ1v) is 6.23. The molecule has 2 rings (SSSR count). The monoisotopic (exact) mass is 297 g/mol. The van der Waals surface area contributed by atoms with Crippen LogP contribution in [0.25, 0.3) is 0 Å². The van der Waals surface area contributed by atoms with E-state index in [0.717, 1.165) is 0 Å². The van der Waals surface area contributed by atoms with Crippen molar-refractivity contribution in [2.75, 3.05) is 12.4 Å². The van der Waals surface area contributed by atoms with Gasteiger partial charge in [-0.2, -0.15) is 0 Å². The average Bonchev–Trinajstić information content (AvgIpc) is 3.18. The van der Waals surface area contributed by atoms with E-state index < -0.39 is 29.7 Å². The van der Waals surface area contributed by atoms with Crippen LogP contribution in [0.2, 0.25) is 5.02 Å². The summed E-state index contributed by atoms with van der Waals surface area (Å²) in [6.45, 7) is 0. The fraction of sp³-hybridized carbons (Fsp3) is 0.308. The highest BCUT2D eigenvalue weighted by Gasteiger charge is 2.48. The van der Waals surface area contributed by atoms with Gasteiger partial charge in [0.15, 0.2) is 0 Å². The first kappa shape index (κ1) is 14.3. The Morgan fingerprint density at radius 3 is 2.60 bits per heavy atom. The zero-order chi connectivity index (χ0) is 14.9. The second kappa shape index (κ2) is 5.50. The van der Waals surface area contributed by atoms with Crippen LogP contribution < -0.4 is 5.32 Å². The molecule has 2 N–H and O–H groups in total. The number of rotatable bonds is 4. The molecule has 20 heavy (non-hydrogen) atoms. The van der Waals surface area contributed by atoms with Gasteiger partial charge in [0.1, 0.15) is 0 Å². The molecule has 7 heteroatoms. The summed E-state index contributed by atoms with van der Waals surface area (Å²) >= 11 is 5.82. The Morgan fingerprint density at radius 2 is 2.05 bits per heavy atom. The third kappa shape index (κ3) is 2.91. The molecule has 1 amide bonds. The maximum Gasteiger partial charge on any atom is 0.339 e. The van der Waals surface area contributed by atoms with E-state index in [4.69, 9.17) is 16.7 Å². The van der Waals surface area contributed by atoms with Gasteiger partial charge in [-0.15, -0.1) is 0 Å². The van der Waals surface area contributed by atoms with Crippen LogP contribution in [0.5, 0.6) is 0 Å². The largest absolute Gasteiger partial charge is 0.481 e. The molecule has 1 saturated carbocycles. The van der Waals surface area contributed by atoms with Gasteiger partial charge in [-0.1, -0.05) is 11.6 Å². The number of anilines is 1. The first-order valence-electron chi connectivity index (χ1n) is 5.85. The minimum absolute atomic E-state index is 0.165. The second-order valence-electron chi connectivity index (χ2n) is 4.46. The fourth-order valence-corrected chi connectivity index (χ4v) is 2.06. The molecule has 0 aliphatic heterocycles. The lowest BCUT2D eigenvalue weighted by molar-refractivity contribution is -0.139. The third-order valence-corrected chi connectivity index (χ3v) is 3.32. The van der Waals surface area contributed by atoms with Gasteiger partial charge in [0.05, 0.1) is 30.2 Å². The van der Waals surface area contributed by atoms with Gasteiger partial charge in [-0.05, 0) is 24.6 Å². The number of hydrogen-bond donors (Lipinski definition) is 2. The van der Waals surface area contributed by atoms with Crippen molar-refractivity contribution in [1.82, 2.24) is 0 Å². The Kier molecular flexibility index (Phi) is 3.94. The number of esters is 1. The molecule has 6 nitrogen and oxygen atoms in total. The number of nitrogens with one attached hydrogen (secondary N) is 1. The number of halogens is 1. The molecule has 0 radical (unpaired) electrons. The lowest BCUT2D eigenvalue weighted by atomic mass is 10.1. The van der Waals surface area contributed by atoms with Crippen molar-refractivity contribution in [3.63, 3.8) is 0 Å². The average molecular weight is 298 g/mol. The van der Waals surface area contributed by atoms with Crippen molar-refractivity contribution in [2.24, 2.45) is 11.8 Å². The van der Waals surface area contributed by atoms with Gasteiger partial charge in [0, 0.05) is 5.02 Å². The topological polar surface area (TPSA) is 92.7 Å². The summed E-state index contributed by atoms with van der Waals surface area (Å²) in [5, 5.41) is 11.7. The van der Waals surface area contributed by atoms with Gasteiger partial charge < -0.3 is 15.2 Å². The molecule has 2 atom stereocenters. The van der Waals surface area contributed by atoms with E-state index in [1.54, 1.807) is 0 Å². The van der Waals surface area contributed by atoms with Gasteiger partial charge in [-0.3, -0.25) is 9.59 Å². The van der Waals surface area contributed by atoms with Crippen LogP contribution in [0.15, 0.2) is 18.2 Å². The summed E-state index contributed by atoms with van der Waals surface area (Å²) in [5.74, 6) is -3.27. The molecule has 1 fully saturated rings. The Hall–Kier alpha value is -2.08. The summed E-state index contributed by atoms with van der Waals surface area (Å²) < 4.78 is 4.61. The standard InChI is InChI=1S/C13H12ClNO5/c1-20-13(19)7-3-2-6(14)4-10(7)15-11(16)8-5-9(8)12(17)18/h2-4,8-9H,5H2,1H3,(H,15,16)(H,17,18)/t8-,9+/m1/s1. The van der Waals surface area contributed by atoms with Crippen molar-refractivity contribution in [3.05, 3.63) is 28.8 Å². The highest BCUT2D eigenvalue weighted by Crippen LogP contribution is 2.39. The number of hydrogen-bond acceptors (Lipinski definition) is 4. The zero-order valence-electron chi connectivity index (χ0n) is 10.6. The number of carbonyl (C=O) groups is 3. The van der Waals surface area contributed by atoms with Crippen LogP contribution in [0.3, 0.4) is 0 Å². The van der Waals surface area contributed by atoms with E-state index in [9.17, 15) is 14.4 Å². The molecule has 0 unspecified atom stereocenters. The molecule has 1 aromatic rings. The van der Waals surface area contributed by atoms with Crippen molar-refractivity contribution in [3.8, 4) is 0 Å². The Morgan fingerprint density at radius 1 is 1.35 bits per heavy atom. The lowest BCUT2D eigenvalue weighted by Gasteiger charge is -2.10. The van der Waals surface area contributed by atoms with Crippen LogP contribution in [0.4, 0.5) is 5.69 Å². The van der Waals surface area contributed by atoms with Gasteiger partial charge in [0.2, 0.25) is 5.91 Å². The maximum absolute atomic E-state index is 11.9. The SMILES string of the molecule is COC(=O)c1ccc(Cl)cc1NC(=O)[C@@H]1C[C@@H]1C(=O)O. The molecular formula is C13H12ClNO5. The van der Waals surface area contributed by atoms with Crippen LogP contribution in [-0.4, -0.2) is 30.1 Å². The molecule has 1 aromatic carbocycles. The molecule has 0 spiro atoms. The summed E-state index contributed by atoms with van der Waals surface area (Å²) in [4.78, 5) is 34.2. The highest BCUT2D eigenvalue weighted by atomic mass is 35.5. The smallest absolute Gasteiger partial charge is 0.339 e.